The predicted molar refractivity (Wildman–Crippen MR) is 156 cm³/mol. The van der Waals surface area contributed by atoms with Crippen LogP contribution in [-0.4, -0.2) is 36.1 Å². The fraction of sp³-hybridized carbons (Fsp3) is 0.300. The number of aromatic nitrogens is 1. The largest absolute Gasteiger partial charge is 0.373 e. The molecule has 2 heterocycles. The standard InChI is InChI=1S/C30H33ClN4S/c1-20(30-29(31)26-9-4-5-10-27(26)36-30)35(25-14-12-24(32-2)13-15-25)19-21-7-6-8-22(17-21)23-11-16-28(33-3)34-18-23/h4-11,16-18,24-25,32H,1,12-15,19H2,2-3H3,(H,33,34)/t24-,25-. The molecule has 1 aliphatic carbocycles. The molecule has 0 saturated heterocycles. The Kier molecular flexibility index (Phi) is 7.61. The van der Waals surface area contributed by atoms with Crippen LogP contribution in [0.1, 0.15) is 36.1 Å². The van der Waals surface area contributed by atoms with E-state index in [4.69, 9.17) is 11.6 Å². The van der Waals surface area contributed by atoms with E-state index >= 15 is 0 Å². The number of rotatable bonds is 8. The Morgan fingerprint density at radius 3 is 2.53 bits per heavy atom. The first-order valence-electron chi connectivity index (χ1n) is 12.6. The van der Waals surface area contributed by atoms with Gasteiger partial charge in [-0.25, -0.2) is 4.98 Å². The highest BCUT2D eigenvalue weighted by Crippen LogP contribution is 2.42. The highest BCUT2D eigenvalue weighted by atomic mass is 35.5. The lowest BCUT2D eigenvalue weighted by Gasteiger charge is -2.39. The molecule has 1 fully saturated rings. The molecule has 0 unspecified atom stereocenters. The minimum absolute atomic E-state index is 0.434. The number of nitrogens with one attached hydrogen (secondary N) is 2. The van der Waals surface area contributed by atoms with Gasteiger partial charge in [-0.1, -0.05) is 54.6 Å². The first-order chi connectivity index (χ1) is 17.6. The Bertz CT molecular complexity index is 1340. The van der Waals surface area contributed by atoms with Crippen molar-refractivity contribution in [3.05, 3.63) is 88.9 Å². The van der Waals surface area contributed by atoms with Crippen LogP contribution in [0.5, 0.6) is 0 Å². The van der Waals surface area contributed by atoms with Crippen LogP contribution in [0.3, 0.4) is 0 Å². The van der Waals surface area contributed by atoms with Crippen molar-refractivity contribution in [3.63, 3.8) is 0 Å². The number of nitrogens with zero attached hydrogens (tertiary/aromatic N) is 2. The summed E-state index contributed by atoms with van der Waals surface area (Å²) in [6, 6.07) is 22.3. The SMILES string of the molecule is C=C(c1sc2ccccc2c1Cl)N(Cc1cccc(-c2ccc(NC)nc2)c1)[C@H]1CC[C@H](NC)CC1. The molecule has 1 aliphatic rings. The van der Waals surface area contributed by atoms with Gasteiger partial charge < -0.3 is 15.5 Å². The van der Waals surface area contributed by atoms with Crippen LogP contribution in [0.4, 0.5) is 5.82 Å². The van der Waals surface area contributed by atoms with Crippen molar-refractivity contribution in [3.8, 4) is 11.1 Å². The van der Waals surface area contributed by atoms with Crippen molar-refractivity contribution in [2.75, 3.05) is 19.4 Å². The Morgan fingerprint density at radius 2 is 1.83 bits per heavy atom. The maximum atomic E-state index is 6.91. The van der Waals surface area contributed by atoms with Crippen LogP contribution in [0.25, 0.3) is 26.9 Å². The van der Waals surface area contributed by atoms with E-state index in [0.717, 1.165) is 51.8 Å². The van der Waals surface area contributed by atoms with Gasteiger partial charge in [0.1, 0.15) is 5.82 Å². The summed E-state index contributed by atoms with van der Waals surface area (Å²) in [7, 11) is 3.96. The van der Waals surface area contributed by atoms with E-state index in [9.17, 15) is 0 Å². The number of benzene rings is 2. The summed E-state index contributed by atoms with van der Waals surface area (Å²) in [5, 5.41) is 8.48. The van der Waals surface area contributed by atoms with Crippen LogP contribution in [0.2, 0.25) is 5.02 Å². The number of hydrogen-bond donors (Lipinski definition) is 2. The average molecular weight is 517 g/mol. The zero-order valence-electron chi connectivity index (χ0n) is 20.9. The highest BCUT2D eigenvalue weighted by Gasteiger charge is 2.28. The van der Waals surface area contributed by atoms with Crippen molar-refractivity contribution >= 4 is 44.5 Å². The van der Waals surface area contributed by atoms with E-state index in [1.165, 1.54) is 28.7 Å². The predicted octanol–water partition coefficient (Wildman–Crippen LogP) is 7.66. The van der Waals surface area contributed by atoms with Crippen molar-refractivity contribution in [1.82, 2.24) is 15.2 Å². The van der Waals surface area contributed by atoms with Gasteiger partial charge in [-0.05, 0) is 68.1 Å². The maximum absolute atomic E-state index is 6.91. The lowest BCUT2D eigenvalue weighted by Crippen LogP contribution is -2.40. The Hall–Kier alpha value is -2.86. The molecule has 1 saturated carbocycles. The van der Waals surface area contributed by atoms with E-state index in [-0.39, 0.29) is 0 Å². The summed E-state index contributed by atoms with van der Waals surface area (Å²) in [4.78, 5) is 8.08. The molecule has 0 aliphatic heterocycles. The van der Waals surface area contributed by atoms with Crippen LogP contribution in [0, 0.1) is 0 Å². The van der Waals surface area contributed by atoms with Crippen molar-refractivity contribution in [1.29, 1.82) is 0 Å². The molecule has 6 heteroatoms. The fourth-order valence-corrected chi connectivity index (χ4v) is 6.74. The third kappa shape index (κ3) is 5.15. The molecule has 2 N–H and O–H groups in total. The molecule has 0 radical (unpaired) electrons. The molecule has 2 aromatic carbocycles. The molecule has 0 atom stereocenters. The van der Waals surface area contributed by atoms with E-state index in [1.807, 2.05) is 25.4 Å². The second-order valence-electron chi connectivity index (χ2n) is 9.49. The molecule has 5 rings (SSSR count). The van der Waals surface area contributed by atoms with E-state index in [0.29, 0.717) is 12.1 Å². The summed E-state index contributed by atoms with van der Waals surface area (Å²) < 4.78 is 1.21. The van der Waals surface area contributed by atoms with Crippen molar-refractivity contribution in [2.24, 2.45) is 0 Å². The third-order valence-corrected chi connectivity index (χ3v) is 9.05. The normalized spacial score (nSPS) is 17.8. The van der Waals surface area contributed by atoms with Crippen LogP contribution in [0.15, 0.2) is 73.4 Å². The molecule has 0 amide bonds. The van der Waals surface area contributed by atoms with Gasteiger partial charge in [0.2, 0.25) is 0 Å². The molecule has 4 aromatic rings. The molecule has 4 nitrogen and oxygen atoms in total. The molecule has 0 bridgehead atoms. The monoisotopic (exact) mass is 516 g/mol. The van der Waals surface area contributed by atoms with Crippen molar-refractivity contribution in [2.45, 2.75) is 44.3 Å². The number of anilines is 1. The molecule has 36 heavy (non-hydrogen) atoms. The number of pyridine rings is 1. The zero-order valence-corrected chi connectivity index (χ0v) is 22.5. The summed E-state index contributed by atoms with van der Waals surface area (Å²) in [5.74, 6) is 0.870. The van der Waals surface area contributed by atoms with Gasteiger partial charge in [0, 0.05) is 53.2 Å². The highest BCUT2D eigenvalue weighted by molar-refractivity contribution is 7.20. The minimum atomic E-state index is 0.434. The lowest BCUT2D eigenvalue weighted by molar-refractivity contribution is 0.205. The number of fused-ring (bicyclic) bond motifs is 1. The van der Waals surface area contributed by atoms with Crippen LogP contribution >= 0.6 is 22.9 Å². The Balaban J connectivity index is 1.46. The number of halogens is 1. The lowest BCUT2D eigenvalue weighted by atomic mass is 9.89. The third-order valence-electron chi connectivity index (χ3n) is 7.32. The average Bonchev–Trinajstić information content (AvgIpc) is 3.28. The number of thiophene rings is 1. The van der Waals surface area contributed by atoms with Gasteiger partial charge in [0.15, 0.2) is 0 Å². The summed E-state index contributed by atoms with van der Waals surface area (Å²) in [5.41, 5.74) is 4.58. The topological polar surface area (TPSA) is 40.2 Å². The maximum Gasteiger partial charge on any atom is 0.125 e. The van der Waals surface area contributed by atoms with Gasteiger partial charge in [0.25, 0.3) is 0 Å². The van der Waals surface area contributed by atoms with Gasteiger partial charge in [0.05, 0.1) is 9.90 Å². The first-order valence-corrected chi connectivity index (χ1v) is 13.8. The second-order valence-corrected chi connectivity index (χ2v) is 10.9. The van der Waals surface area contributed by atoms with Crippen LogP contribution in [-0.2, 0) is 6.54 Å². The molecule has 0 spiro atoms. The molecular formula is C30H33ClN4S. The molecule has 186 valence electrons. The quantitative estimate of drug-likeness (QED) is 0.252. The fourth-order valence-electron chi connectivity index (χ4n) is 5.21. The summed E-state index contributed by atoms with van der Waals surface area (Å²) in [6.45, 7) is 5.41. The first kappa shape index (κ1) is 24.8. The van der Waals surface area contributed by atoms with Gasteiger partial charge in [-0.3, -0.25) is 0 Å². The number of hydrogen-bond acceptors (Lipinski definition) is 5. The summed E-state index contributed by atoms with van der Waals surface area (Å²) in [6.07, 6.45) is 6.56. The molecule has 2 aromatic heterocycles. The van der Waals surface area contributed by atoms with E-state index in [2.05, 4.69) is 82.7 Å². The smallest absolute Gasteiger partial charge is 0.125 e. The van der Waals surface area contributed by atoms with Crippen LogP contribution < -0.4 is 10.6 Å². The second kappa shape index (κ2) is 11.0. The van der Waals surface area contributed by atoms with E-state index in [1.54, 1.807) is 11.3 Å². The van der Waals surface area contributed by atoms with Gasteiger partial charge >= 0.3 is 0 Å². The molecular weight excluding hydrogens is 484 g/mol. The minimum Gasteiger partial charge on any atom is -0.373 e. The zero-order chi connectivity index (χ0) is 25.1. The summed E-state index contributed by atoms with van der Waals surface area (Å²) >= 11 is 8.66. The Morgan fingerprint density at radius 1 is 1.03 bits per heavy atom. The van der Waals surface area contributed by atoms with Crippen molar-refractivity contribution < 1.29 is 0 Å². The van der Waals surface area contributed by atoms with E-state index < -0.39 is 0 Å². The van der Waals surface area contributed by atoms with Gasteiger partial charge in [-0.2, -0.15) is 0 Å². The Labute approximate surface area is 223 Å². The van der Waals surface area contributed by atoms with Gasteiger partial charge in [-0.15, -0.1) is 11.3 Å².